The van der Waals surface area contributed by atoms with Crippen LogP contribution in [-0.2, 0) is 28.7 Å². The van der Waals surface area contributed by atoms with E-state index >= 15 is 0 Å². The summed E-state index contributed by atoms with van der Waals surface area (Å²) in [5.74, 6) is 0.399. The van der Waals surface area contributed by atoms with Gasteiger partial charge in [0.1, 0.15) is 17.7 Å². The van der Waals surface area contributed by atoms with Crippen LogP contribution in [-0.4, -0.2) is 104 Å². The van der Waals surface area contributed by atoms with E-state index in [1.54, 1.807) is 21.2 Å². The molecule has 16 heteroatoms. The number of aromatic nitrogens is 2. The molecule has 1 aromatic carbocycles. The molecule has 5 heterocycles. The van der Waals surface area contributed by atoms with Gasteiger partial charge in [-0.05, 0) is 56.5 Å². The zero-order chi connectivity index (χ0) is 35.0. The lowest BCUT2D eigenvalue weighted by molar-refractivity contribution is -0.137. The number of hydrogen-bond donors (Lipinski definition) is 2. The van der Waals surface area contributed by atoms with Gasteiger partial charge in [0.05, 0.1) is 48.9 Å². The average Bonchev–Trinajstić information content (AvgIpc) is 3.55. The van der Waals surface area contributed by atoms with Gasteiger partial charge in [-0.25, -0.2) is 4.39 Å². The minimum atomic E-state index is -4.27. The van der Waals surface area contributed by atoms with Crippen LogP contribution in [0.15, 0.2) is 40.0 Å². The first-order valence-corrected chi connectivity index (χ1v) is 16.1. The van der Waals surface area contributed by atoms with Gasteiger partial charge in [-0.15, -0.1) is 0 Å². The lowest BCUT2D eigenvalue weighted by atomic mass is 10.1. The molecule has 48 heavy (non-hydrogen) atoms. The molecule has 2 unspecified atom stereocenters. The third-order valence-corrected chi connectivity index (χ3v) is 8.74. The molecule has 1 amide bonds. The van der Waals surface area contributed by atoms with Crippen molar-refractivity contribution >= 4 is 34.7 Å². The van der Waals surface area contributed by atoms with Gasteiger partial charge in [-0.1, -0.05) is 11.6 Å². The van der Waals surface area contributed by atoms with Crippen molar-refractivity contribution in [2.75, 3.05) is 71.2 Å². The van der Waals surface area contributed by atoms with E-state index in [4.69, 9.17) is 32.5 Å². The number of carbonyl (C=O) groups excluding carboxylic acids is 1. The summed E-state index contributed by atoms with van der Waals surface area (Å²) in [6.45, 7) is 4.62. The summed E-state index contributed by atoms with van der Waals surface area (Å²) in [6.07, 6.45) is 0.0687. The summed E-state index contributed by atoms with van der Waals surface area (Å²) in [5.41, 5.74) is 13.3. The van der Waals surface area contributed by atoms with Gasteiger partial charge in [0.2, 0.25) is 0 Å². The van der Waals surface area contributed by atoms with Crippen LogP contribution in [0.5, 0.6) is 6.01 Å². The number of carbonyl (C=O) groups is 1. The molecule has 0 radical (unpaired) electrons. The number of rotatable bonds is 4. The highest BCUT2D eigenvalue weighted by Gasteiger charge is 2.35. The number of anilines is 2. The number of nitrogen functional groups attached to an aromatic ring is 1. The maximum absolute atomic E-state index is 12.6. The van der Waals surface area contributed by atoms with Crippen molar-refractivity contribution in [3.8, 4) is 6.01 Å². The highest BCUT2D eigenvalue weighted by Crippen LogP contribution is 2.31. The van der Waals surface area contributed by atoms with Crippen molar-refractivity contribution in [1.82, 2.24) is 19.8 Å². The molecule has 0 spiro atoms. The molecule has 11 nitrogen and oxygen atoms in total. The fraction of sp³-hybridized carbons (Fsp3) is 0.562. The van der Waals surface area contributed by atoms with Crippen LogP contribution in [0.1, 0.15) is 42.5 Å². The first kappa shape index (κ1) is 37.1. The smallest absolute Gasteiger partial charge is 0.416 e. The number of nitrogens with zero attached hydrogens (tertiary/aromatic N) is 6. The van der Waals surface area contributed by atoms with Gasteiger partial charge in [-0.2, -0.15) is 23.1 Å². The molecule has 264 valence electrons. The Morgan fingerprint density at radius 2 is 1.88 bits per heavy atom. The maximum atomic E-state index is 12.6. The Labute approximate surface area is 282 Å². The van der Waals surface area contributed by atoms with Crippen LogP contribution in [0.2, 0.25) is 0 Å². The van der Waals surface area contributed by atoms with Crippen molar-refractivity contribution in [2.24, 2.45) is 10.7 Å². The second-order valence-electron chi connectivity index (χ2n) is 12.0. The summed E-state index contributed by atoms with van der Waals surface area (Å²) in [4.78, 5) is 31.5. The molecule has 0 saturated carbocycles. The van der Waals surface area contributed by atoms with E-state index in [1.807, 2.05) is 0 Å². The quantitative estimate of drug-likeness (QED) is 0.274. The van der Waals surface area contributed by atoms with Crippen LogP contribution in [0.4, 0.5) is 29.1 Å². The number of alkyl halides is 4. The van der Waals surface area contributed by atoms with Crippen LogP contribution < -0.4 is 21.1 Å². The molecular formula is C32H43ClF4N8O3. The monoisotopic (exact) mass is 698 g/mol. The van der Waals surface area contributed by atoms with E-state index in [0.717, 1.165) is 55.1 Å². The number of likely N-dealkylation sites (N-methyl/N-ethyl adjacent to an activating group) is 1. The Morgan fingerprint density at radius 3 is 2.52 bits per heavy atom. The van der Waals surface area contributed by atoms with Crippen molar-refractivity contribution in [3.63, 3.8) is 0 Å². The number of hydrogen-bond acceptors (Lipinski definition) is 10. The normalized spacial score (nSPS) is 21.2. The highest BCUT2D eigenvalue weighted by molar-refractivity contribution is 6.45. The van der Waals surface area contributed by atoms with Crippen LogP contribution in [0.25, 0.3) is 0 Å². The third kappa shape index (κ3) is 9.69. The van der Waals surface area contributed by atoms with Crippen LogP contribution >= 0.6 is 11.6 Å². The van der Waals surface area contributed by atoms with Crippen molar-refractivity contribution in [2.45, 2.75) is 57.1 Å². The molecule has 2 atom stereocenters. The molecular weight excluding hydrogens is 656 g/mol. The lowest BCUT2D eigenvalue weighted by Gasteiger charge is -2.28. The summed E-state index contributed by atoms with van der Waals surface area (Å²) in [5, 5.41) is 0.178. The molecule has 0 bridgehead atoms. The molecule has 1 aromatic heterocycles. The Morgan fingerprint density at radius 1 is 1.15 bits per heavy atom. The third-order valence-electron chi connectivity index (χ3n) is 8.32. The first-order valence-electron chi connectivity index (χ1n) is 15.8. The number of benzene rings is 1. The predicted molar refractivity (Wildman–Crippen MR) is 177 cm³/mol. The van der Waals surface area contributed by atoms with Gasteiger partial charge < -0.3 is 30.7 Å². The van der Waals surface area contributed by atoms with E-state index in [9.17, 15) is 22.4 Å². The molecule has 4 aliphatic rings. The predicted octanol–water partition coefficient (Wildman–Crippen LogP) is 4.19. The van der Waals surface area contributed by atoms with E-state index in [2.05, 4.69) is 24.8 Å². The number of halogens is 5. The maximum Gasteiger partial charge on any atom is 0.416 e. The Balaban J connectivity index is 0.000000209. The highest BCUT2D eigenvalue weighted by atomic mass is 35.5. The number of fused-ring (bicyclic) bond motifs is 2. The number of amides is 1. The van der Waals surface area contributed by atoms with Gasteiger partial charge in [0.15, 0.2) is 0 Å². The Hall–Kier alpha value is -3.69. The molecule has 2 aromatic rings. The molecule has 0 aliphatic carbocycles. The Bertz CT molecular complexity index is 1460. The minimum Gasteiger partial charge on any atom is -0.467 e. The number of methoxy groups -OCH3 is 1. The van der Waals surface area contributed by atoms with Gasteiger partial charge in [0, 0.05) is 57.4 Å². The van der Waals surface area contributed by atoms with Gasteiger partial charge in [-0.3, -0.25) is 14.7 Å². The fourth-order valence-electron chi connectivity index (χ4n) is 5.84. The van der Waals surface area contributed by atoms with Crippen molar-refractivity contribution in [1.29, 1.82) is 0 Å². The Kier molecular flexibility index (Phi) is 12.9. The number of ether oxygens (including phenoxy) is 2. The van der Waals surface area contributed by atoms with Crippen LogP contribution in [0, 0.1) is 0 Å². The molecule has 4 N–H and O–H groups in total. The SMILES string of the molecule is COc1nc2c(c(N3CCCN=C(/C(Cl)=C(\N)C(=O)N(C)C)C3)n1)COCC2.FC1CC2CCCN2C1.Nc1ccc(C(F)(F)F)cc1. The van der Waals surface area contributed by atoms with Crippen molar-refractivity contribution in [3.05, 3.63) is 51.8 Å². The zero-order valence-corrected chi connectivity index (χ0v) is 28.2. The largest absolute Gasteiger partial charge is 0.467 e. The topological polar surface area (TPSA) is 135 Å². The average molecular weight is 699 g/mol. The van der Waals surface area contributed by atoms with E-state index in [0.29, 0.717) is 62.7 Å². The molecule has 6 rings (SSSR count). The fourth-order valence-corrected chi connectivity index (χ4v) is 6.04. The summed E-state index contributed by atoms with van der Waals surface area (Å²) in [6, 6.07) is 5.29. The van der Waals surface area contributed by atoms with E-state index in [1.165, 1.54) is 29.9 Å². The van der Waals surface area contributed by atoms with E-state index in [-0.39, 0.29) is 16.6 Å². The van der Waals surface area contributed by atoms with Gasteiger partial charge in [0.25, 0.3) is 5.91 Å². The second kappa shape index (κ2) is 16.6. The van der Waals surface area contributed by atoms with Crippen LogP contribution in [0.3, 0.4) is 0 Å². The van der Waals surface area contributed by atoms with Crippen molar-refractivity contribution < 1.29 is 31.8 Å². The number of aliphatic imine (C=N–C) groups is 1. The molecule has 2 saturated heterocycles. The minimum absolute atomic E-state index is 0.0158. The summed E-state index contributed by atoms with van der Waals surface area (Å²) in [7, 11) is 4.80. The lowest BCUT2D eigenvalue weighted by Crippen LogP contribution is -2.34. The van der Waals surface area contributed by atoms with E-state index < -0.39 is 17.9 Å². The molecule has 4 aliphatic heterocycles. The summed E-state index contributed by atoms with van der Waals surface area (Å²) < 4.78 is 59.1. The molecule has 2 fully saturated rings. The second-order valence-corrected chi connectivity index (χ2v) is 12.4. The standard InChI is InChI=1S/C18H25ClN6O3.C7H6F3N.C7H12FN/c1-24(2)17(26)15(20)14(19)13-9-25(7-4-6-21-13)16-11-10-28-8-5-12(11)22-18(23-16)27-3;8-7(9,10)5-1-3-6(11)4-2-5;8-6-4-7-2-1-3-9(7)5-6/h4-10,20H2,1-3H3;1-4H,11H2;6-7H,1-5H2/b15-14+;;. The summed E-state index contributed by atoms with van der Waals surface area (Å²) >= 11 is 6.44. The zero-order valence-electron chi connectivity index (χ0n) is 27.4. The number of nitrogens with two attached hydrogens (primary N) is 2. The first-order chi connectivity index (χ1) is 22.8. The van der Waals surface area contributed by atoms with Gasteiger partial charge >= 0.3 is 12.2 Å².